The summed E-state index contributed by atoms with van der Waals surface area (Å²) in [5.74, 6) is 2.16. The fourth-order valence-corrected chi connectivity index (χ4v) is 1.50. The Labute approximate surface area is 79.3 Å². The molecule has 1 atom stereocenters. The summed E-state index contributed by atoms with van der Waals surface area (Å²) >= 11 is 0. The van der Waals surface area contributed by atoms with E-state index in [9.17, 15) is 0 Å². The average Bonchev–Trinajstić information content (AvgIpc) is 2.82. The van der Waals surface area contributed by atoms with Crippen molar-refractivity contribution in [2.75, 3.05) is 0 Å². The third-order valence-electron chi connectivity index (χ3n) is 2.52. The fraction of sp³-hybridized carbons (Fsp3) is 0.636. The van der Waals surface area contributed by atoms with Crippen LogP contribution in [0.5, 0.6) is 0 Å². The second-order valence-electron chi connectivity index (χ2n) is 3.82. The van der Waals surface area contributed by atoms with Gasteiger partial charge in [-0.1, -0.05) is 6.92 Å². The fourth-order valence-electron chi connectivity index (χ4n) is 1.50. The van der Waals surface area contributed by atoms with E-state index in [1.54, 1.807) is 0 Å². The smallest absolute Gasteiger partial charge is 0.120 e. The Morgan fingerprint density at radius 1 is 1.54 bits per heavy atom. The van der Waals surface area contributed by atoms with Crippen molar-refractivity contribution in [2.45, 2.75) is 45.2 Å². The molecule has 1 heterocycles. The van der Waals surface area contributed by atoms with Gasteiger partial charge in [-0.2, -0.15) is 0 Å². The summed E-state index contributed by atoms with van der Waals surface area (Å²) in [6, 6.07) is 5.26. The molecule has 1 fully saturated rings. The molecule has 0 amide bonds. The van der Waals surface area contributed by atoms with Gasteiger partial charge in [0.1, 0.15) is 11.5 Å². The van der Waals surface area contributed by atoms with Gasteiger partial charge in [-0.15, -0.1) is 0 Å². The van der Waals surface area contributed by atoms with E-state index in [1.807, 2.05) is 0 Å². The van der Waals surface area contributed by atoms with E-state index in [1.165, 1.54) is 12.8 Å². The summed E-state index contributed by atoms with van der Waals surface area (Å²) in [6.07, 6.45) is 3.63. The van der Waals surface area contributed by atoms with Crippen molar-refractivity contribution in [1.29, 1.82) is 0 Å². The van der Waals surface area contributed by atoms with Gasteiger partial charge in [0, 0.05) is 12.5 Å². The minimum atomic E-state index is 0.368. The molecule has 2 heteroatoms. The molecule has 1 N–H and O–H groups in total. The van der Waals surface area contributed by atoms with Crippen molar-refractivity contribution in [2.24, 2.45) is 0 Å². The van der Waals surface area contributed by atoms with E-state index in [2.05, 4.69) is 31.3 Å². The summed E-state index contributed by atoms with van der Waals surface area (Å²) < 4.78 is 5.66. The lowest BCUT2D eigenvalue weighted by Gasteiger charge is -2.09. The first-order valence-electron chi connectivity index (χ1n) is 5.14. The van der Waals surface area contributed by atoms with Crippen LogP contribution >= 0.6 is 0 Å². The predicted molar refractivity (Wildman–Crippen MR) is 52.7 cm³/mol. The van der Waals surface area contributed by atoms with Crippen molar-refractivity contribution in [3.63, 3.8) is 0 Å². The molecule has 0 aliphatic heterocycles. The molecule has 13 heavy (non-hydrogen) atoms. The molecule has 0 radical (unpaired) electrons. The number of rotatable bonds is 4. The Morgan fingerprint density at radius 3 is 2.85 bits per heavy atom. The number of furan rings is 1. The third kappa shape index (κ3) is 2.13. The van der Waals surface area contributed by atoms with Gasteiger partial charge in [0.2, 0.25) is 0 Å². The van der Waals surface area contributed by atoms with Crippen molar-refractivity contribution in [3.8, 4) is 0 Å². The van der Waals surface area contributed by atoms with Crippen LogP contribution in [-0.2, 0) is 6.42 Å². The van der Waals surface area contributed by atoms with Crippen LogP contribution in [0.4, 0.5) is 0 Å². The van der Waals surface area contributed by atoms with Crippen LogP contribution in [0.3, 0.4) is 0 Å². The Kier molecular flexibility index (Phi) is 2.40. The molecule has 2 nitrogen and oxygen atoms in total. The molecule has 1 aromatic rings. The minimum Gasteiger partial charge on any atom is -0.464 e. The van der Waals surface area contributed by atoms with E-state index in [0.29, 0.717) is 6.04 Å². The summed E-state index contributed by atoms with van der Waals surface area (Å²) in [5, 5.41) is 3.51. The van der Waals surface area contributed by atoms with Gasteiger partial charge in [-0.05, 0) is 31.9 Å². The van der Waals surface area contributed by atoms with Crippen LogP contribution in [0, 0.1) is 0 Å². The second-order valence-corrected chi connectivity index (χ2v) is 3.82. The molecule has 1 aliphatic carbocycles. The molecule has 1 aliphatic rings. The lowest BCUT2D eigenvalue weighted by Crippen LogP contribution is -2.20. The SMILES string of the molecule is CCc1ccc(C(C)NC2CC2)o1. The Morgan fingerprint density at radius 2 is 2.31 bits per heavy atom. The number of nitrogens with one attached hydrogen (secondary N) is 1. The van der Waals surface area contributed by atoms with E-state index >= 15 is 0 Å². The van der Waals surface area contributed by atoms with Crippen molar-refractivity contribution < 1.29 is 4.42 Å². The van der Waals surface area contributed by atoms with Crippen LogP contribution in [-0.4, -0.2) is 6.04 Å². The highest BCUT2D eigenvalue weighted by atomic mass is 16.3. The number of hydrogen-bond donors (Lipinski definition) is 1. The molecule has 0 bridgehead atoms. The summed E-state index contributed by atoms with van der Waals surface area (Å²) in [6.45, 7) is 4.28. The second kappa shape index (κ2) is 3.54. The van der Waals surface area contributed by atoms with E-state index < -0.39 is 0 Å². The highest BCUT2D eigenvalue weighted by Crippen LogP contribution is 2.24. The van der Waals surface area contributed by atoms with Gasteiger partial charge in [0.15, 0.2) is 0 Å². The summed E-state index contributed by atoms with van der Waals surface area (Å²) in [5.41, 5.74) is 0. The van der Waals surface area contributed by atoms with E-state index in [4.69, 9.17) is 4.42 Å². The summed E-state index contributed by atoms with van der Waals surface area (Å²) in [4.78, 5) is 0. The van der Waals surface area contributed by atoms with Gasteiger partial charge >= 0.3 is 0 Å². The van der Waals surface area contributed by atoms with Crippen molar-refractivity contribution in [1.82, 2.24) is 5.32 Å². The topological polar surface area (TPSA) is 25.2 Å². The molecular weight excluding hydrogens is 162 g/mol. The van der Waals surface area contributed by atoms with E-state index in [-0.39, 0.29) is 0 Å². The lowest BCUT2D eigenvalue weighted by atomic mass is 10.2. The molecule has 2 rings (SSSR count). The maximum Gasteiger partial charge on any atom is 0.120 e. The number of hydrogen-bond acceptors (Lipinski definition) is 2. The zero-order valence-corrected chi connectivity index (χ0v) is 8.34. The van der Waals surface area contributed by atoms with Gasteiger partial charge < -0.3 is 9.73 Å². The standard InChI is InChI=1S/C11H17NO/c1-3-10-6-7-11(13-10)8(2)12-9-4-5-9/h6-9,12H,3-5H2,1-2H3. The van der Waals surface area contributed by atoms with Gasteiger partial charge in [-0.25, -0.2) is 0 Å². The molecule has 1 unspecified atom stereocenters. The maximum atomic E-state index is 5.66. The highest BCUT2D eigenvalue weighted by Gasteiger charge is 2.24. The zero-order valence-electron chi connectivity index (χ0n) is 8.34. The number of aryl methyl sites for hydroxylation is 1. The van der Waals surface area contributed by atoms with Crippen molar-refractivity contribution >= 4 is 0 Å². The van der Waals surface area contributed by atoms with Crippen LogP contribution < -0.4 is 5.32 Å². The Hall–Kier alpha value is -0.760. The molecule has 1 saturated carbocycles. The minimum absolute atomic E-state index is 0.368. The van der Waals surface area contributed by atoms with Crippen molar-refractivity contribution in [3.05, 3.63) is 23.7 Å². The molecular formula is C11H17NO. The zero-order chi connectivity index (χ0) is 9.26. The monoisotopic (exact) mass is 179 g/mol. The highest BCUT2D eigenvalue weighted by molar-refractivity contribution is 5.10. The first kappa shape index (κ1) is 8.82. The third-order valence-corrected chi connectivity index (χ3v) is 2.52. The quantitative estimate of drug-likeness (QED) is 0.768. The van der Waals surface area contributed by atoms with Crippen LogP contribution in [0.25, 0.3) is 0 Å². The Balaban J connectivity index is 1.96. The van der Waals surface area contributed by atoms with Gasteiger partial charge in [0.25, 0.3) is 0 Å². The van der Waals surface area contributed by atoms with Crippen LogP contribution in [0.2, 0.25) is 0 Å². The van der Waals surface area contributed by atoms with Gasteiger partial charge in [0.05, 0.1) is 6.04 Å². The predicted octanol–water partition coefficient (Wildman–Crippen LogP) is 2.66. The van der Waals surface area contributed by atoms with Crippen LogP contribution in [0.1, 0.15) is 44.3 Å². The first-order chi connectivity index (χ1) is 6.29. The van der Waals surface area contributed by atoms with E-state index in [0.717, 1.165) is 24.0 Å². The average molecular weight is 179 g/mol. The maximum absolute atomic E-state index is 5.66. The lowest BCUT2D eigenvalue weighted by molar-refractivity contribution is 0.407. The molecule has 0 aromatic carbocycles. The molecule has 72 valence electrons. The molecule has 1 aromatic heterocycles. The van der Waals surface area contributed by atoms with Gasteiger partial charge in [-0.3, -0.25) is 0 Å². The Bertz CT molecular complexity index is 275. The molecule has 0 saturated heterocycles. The van der Waals surface area contributed by atoms with Crippen LogP contribution in [0.15, 0.2) is 16.5 Å². The first-order valence-corrected chi connectivity index (χ1v) is 5.14. The largest absolute Gasteiger partial charge is 0.464 e. The molecule has 0 spiro atoms. The normalized spacial score (nSPS) is 18.9. The summed E-state index contributed by atoms with van der Waals surface area (Å²) in [7, 11) is 0.